The summed E-state index contributed by atoms with van der Waals surface area (Å²) in [6, 6.07) is 8.10. The molecule has 10 heteroatoms. The first kappa shape index (κ1) is 19.3. The van der Waals surface area contributed by atoms with E-state index in [1.54, 1.807) is 0 Å². The molecule has 2 aliphatic heterocycles. The van der Waals surface area contributed by atoms with Gasteiger partial charge in [0.2, 0.25) is 6.79 Å². The number of nitrogens with zero attached hydrogens (tertiary/aromatic N) is 3. The quantitative estimate of drug-likeness (QED) is 0.675. The molecule has 9 nitrogen and oxygen atoms in total. The fraction of sp³-hybridized carbons (Fsp3) is 0.412. The number of piperazine rings is 1. The van der Waals surface area contributed by atoms with Crippen molar-refractivity contribution in [1.82, 2.24) is 9.88 Å². The van der Waals surface area contributed by atoms with E-state index in [1.165, 1.54) is 5.56 Å². The maximum absolute atomic E-state index is 9.08. The molecule has 0 radical (unpaired) electrons. The van der Waals surface area contributed by atoms with Crippen molar-refractivity contribution >= 4 is 16.1 Å². The molecule has 1 saturated heterocycles. The zero-order valence-electron chi connectivity index (χ0n) is 15.0. The van der Waals surface area contributed by atoms with Crippen molar-refractivity contribution in [3.05, 3.63) is 42.2 Å². The van der Waals surface area contributed by atoms with Gasteiger partial charge >= 0.3 is 5.95 Å². The number of fused-ring (bicyclic) bond motifs is 1. The average Bonchev–Trinajstić information content (AvgIpc) is 3.09. The second-order valence-electron chi connectivity index (χ2n) is 6.26. The molecule has 1 aromatic heterocycles. The van der Waals surface area contributed by atoms with Crippen LogP contribution in [0, 0.1) is 0 Å². The predicted molar refractivity (Wildman–Crippen MR) is 96.5 cm³/mol. The number of hydrogen-bond acceptors (Lipinski definition) is 8. The third-order valence-corrected chi connectivity index (χ3v) is 4.11. The van der Waals surface area contributed by atoms with Crippen LogP contribution in [0.1, 0.15) is 5.56 Å². The normalized spacial score (nSPS) is 16.6. The third kappa shape index (κ3) is 6.05. The first-order chi connectivity index (χ1) is 12.9. The zero-order chi connectivity index (χ0) is 19.3. The lowest BCUT2D eigenvalue weighted by Crippen LogP contribution is -2.47. The van der Waals surface area contributed by atoms with Gasteiger partial charge in [-0.2, -0.15) is 0 Å². The van der Waals surface area contributed by atoms with Crippen molar-refractivity contribution in [2.75, 3.05) is 44.1 Å². The fourth-order valence-corrected chi connectivity index (χ4v) is 2.90. The van der Waals surface area contributed by atoms with E-state index in [0.29, 0.717) is 13.0 Å². The highest BCUT2D eigenvalue weighted by Gasteiger charge is 2.24. The molecule has 4 rings (SSSR count). The lowest BCUT2D eigenvalue weighted by atomic mass is 10.1. The van der Waals surface area contributed by atoms with Gasteiger partial charge in [-0.05, 0) is 17.7 Å². The average molecular weight is 394 g/mol. The number of benzene rings is 1. The zero-order valence-corrected chi connectivity index (χ0v) is 15.8. The number of rotatable bonds is 3. The molecular weight excluding hydrogens is 372 g/mol. The van der Waals surface area contributed by atoms with Crippen LogP contribution in [0.15, 0.2) is 36.7 Å². The molecule has 2 aliphatic rings. The molecule has 0 unspecified atom stereocenters. The highest BCUT2D eigenvalue weighted by Crippen LogP contribution is 2.32. The Morgan fingerprint density at radius 3 is 2.56 bits per heavy atom. The fourth-order valence-electron chi connectivity index (χ4n) is 2.90. The Kier molecular flexibility index (Phi) is 6.09. The van der Waals surface area contributed by atoms with Crippen LogP contribution in [-0.2, 0) is 16.7 Å². The Bertz CT molecular complexity index is 847. The predicted octanol–water partition coefficient (Wildman–Crippen LogP) is 0.108. The van der Waals surface area contributed by atoms with Gasteiger partial charge in [-0.1, -0.05) is 11.1 Å². The van der Waals surface area contributed by atoms with Crippen LogP contribution >= 0.6 is 0 Å². The summed E-state index contributed by atoms with van der Waals surface area (Å²) in [6.45, 7) is 5.29. The Balaban J connectivity index is 0.000000376. The van der Waals surface area contributed by atoms with E-state index < -0.39 is 10.1 Å². The van der Waals surface area contributed by atoms with Crippen LogP contribution < -0.4 is 19.4 Å². The second-order valence-corrected chi connectivity index (χ2v) is 7.67. The van der Waals surface area contributed by atoms with Crippen molar-refractivity contribution < 1.29 is 27.4 Å². The topological polar surface area (TPSA) is 109 Å². The van der Waals surface area contributed by atoms with Gasteiger partial charge in [0, 0.05) is 32.0 Å². The Morgan fingerprint density at radius 1 is 1.19 bits per heavy atom. The summed E-state index contributed by atoms with van der Waals surface area (Å²) in [5.74, 6) is 2.66. The van der Waals surface area contributed by atoms with Gasteiger partial charge in [0.25, 0.3) is 0 Å². The summed E-state index contributed by atoms with van der Waals surface area (Å²) in [6.07, 6.45) is 4.35. The van der Waals surface area contributed by atoms with E-state index in [4.69, 9.17) is 22.4 Å². The van der Waals surface area contributed by atoms with Crippen molar-refractivity contribution in [2.45, 2.75) is 6.54 Å². The monoisotopic (exact) mass is 394 g/mol. The highest BCUT2D eigenvalue weighted by molar-refractivity contribution is 7.84. The lowest BCUT2D eigenvalue weighted by molar-refractivity contribution is -0.368. The largest absolute Gasteiger partial charge is 0.748 e. The van der Waals surface area contributed by atoms with Gasteiger partial charge in [0.05, 0.1) is 29.4 Å². The lowest BCUT2D eigenvalue weighted by Gasteiger charge is -2.30. The molecule has 146 valence electrons. The van der Waals surface area contributed by atoms with Gasteiger partial charge in [0.1, 0.15) is 6.20 Å². The Hall–Kier alpha value is -2.43. The van der Waals surface area contributed by atoms with Crippen molar-refractivity contribution in [3.63, 3.8) is 0 Å². The molecular formula is C17H22N4O5S. The molecule has 0 amide bonds. The maximum Gasteiger partial charge on any atom is 0.391 e. The minimum atomic E-state index is -3.92. The van der Waals surface area contributed by atoms with Gasteiger partial charge in [0.15, 0.2) is 11.5 Å². The van der Waals surface area contributed by atoms with Crippen LogP contribution in [0.2, 0.25) is 0 Å². The van der Waals surface area contributed by atoms with Crippen LogP contribution in [0.4, 0.5) is 5.95 Å². The molecule has 1 N–H and O–H groups in total. The van der Waals surface area contributed by atoms with Crippen molar-refractivity contribution in [2.24, 2.45) is 0 Å². The molecule has 1 aromatic carbocycles. The number of hydrogen-bond donors (Lipinski definition) is 0. The summed E-state index contributed by atoms with van der Waals surface area (Å²) in [4.78, 5) is 12.3. The molecule has 0 bridgehead atoms. The van der Waals surface area contributed by atoms with E-state index in [1.807, 2.05) is 24.5 Å². The summed E-state index contributed by atoms with van der Waals surface area (Å²) in [5, 5.41) is 0. The molecule has 3 heterocycles. The van der Waals surface area contributed by atoms with Gasteiger partial charge in [-0.25, -0.2) is 13.4 Å². The van der Waals surface area contributed by atoms with E-state index in [9.17, 15) is 0 Å². The molecule has 0 aliphatic carbocycles. The summed E-state index contributed by atoms with van der Waals surface area (Å²) >= 11 is 0. The minimum absolute atomic E-state index is 0.331. The van der Waals surface area contributed by atoms with Gasteiger partial charge < -0.3 is 14.0 Å². The van der Waals surface area contributed by atoms with E-state index in [0.717, 1.165) is 50.2 Å². The van der Waals surface area contributed by atoms with E-state index in [2.05, 4.69) is 31.9 Å². The smallest absolute Gasteiger partial charge is 0.391 e. The van der Waals surface area contributed by atoms with Gasteiger partial charge in [-0.3, -0.25) is 9.80 Å². The maximum atomic E-state index is 9.08. The van der Waals surface area contributed by atoms with E-state index in [-0.39, 0.29) is 0 Å². The van der Waals surface area contributed by atoms with Crippen molar-refractivity contribution in [1.29, 1.82) is 0 Å². The minimum Gasteiger partial charge on any atom is -0.748 e. The number of aromatic amines is 1. The third-order valence-electron chi connectivity index (χ3n) is 4.11. The van der Waals surface area contributed by atoms with Crippen LogP contribution in [0.5, 0.6) is 11.5 Å². The molecule has 0 saturated carbocycles. The Labute approximate surface area is 158 Å². The molecule has 0 spiro atoms. The Morgan fingerprint density at radius 2 is 1.89 bits per heavy atom. The molecule has 1 fully saturated rings. The van der Waals surface area contributed by atoms with E-state index >= 15 is 0 Å². The van der Waals surface area contributed by atoms with Crippen molar-refractivity contribution in [3.8, 4) is 11.5 Å². The summed E-state index contributed by atoms with van der Waals surface area (Å²) in [5.41, 5.74) is 1.27. The number of ether oxygens (including phenoxy) is 2. The second kappa shape index (κ2) is 8.51. The molecule has 0 atom stereocenters. The standard InChI is InChI=1S/C16H18N4O2.CH4O3S/c1-4-17-16(18-5-1)20-8-6-19(7-9-20)11-13-2-3-14-15(10-13)22-12-21-14;1-5(2,3)4/h1-5,10H,6-9,11-12H2;1H3,(H,2,3,4). The summed E-state index contributed by atoms with van der Waals surface area (Å²) in [7, 11) is -3.92. The molecule has 27 heavy (non-hydrogen) atoms. The number of anilines is 1. The van der Waals surface area contributed by atoms with Gasteiger partial charge in [-0.15, -0.1) is 0 Å². The number of aromatic nitrogens is 2. The first-order valence-corrected chi connectivity index (χ1v) is 10.3. The summed E-state index contributed by atoms with van der Waals surface area (Å²) < 4.78 is 38.0. The van der Waals surface area contributed by atoms with Crippen LogP contribution in [-0.4, -0.2) is 62.1 Å². The highest BCUT2D eigenvalue weighted by atomic mass is 32.2. The number of nitrogens with one attached hydrogen (secondary N) is 1. The van der Waals surface area contributed by atoms with Crippen LogP contribution in [0.3, 0.4) is 0 Å². The SMILES string of the molecule is CS(=O)(=O)[O-].c1cnc(N2CCN(Cc3ccc4c(c3)OCO4)CC2)[nH+]c1. The first-order valence-electron chi connectivity index (χ1n) is 8.48. The number of H-pyrrole nitrogens is 1. The van der Waals surface area contributed by atoms with Crippen LogP contribution in [0.25, 0.3) is 0 Å². The molecule has 2 aromatic rings.